The van der Waals surface area contributed by atoms with E-state index in [-0.39, 0.29) is 25.4 Å². The lowest BCUT2D eigenvalue weighted by Crippen LogP contribution is -2.43. The summed E-state index contributed by atoms with van der Waals surface area (Å²) in [6, 6.07) is -0.429. The minimum atomic E-state index is -4.15. The van der Waals surface area contributed by atoms with Gasteiger partial charge in [-0.3, -0.25) is 9.69 Å². The van der Waals surface area contributed by atoms with Crippen molar-refractivity contribution < 1.29 is 22.8 Å². The lowest BCUT2D eigenvalue weighted by atomic mass is 9.97. The van der Waals surface area contributed by atoms with Gasteiger partial charge in [0, 0.05) is 13.1 Å². The number of rotatable bonds is 4. The molecule has 2 aliphatic rings. The molecule has 126 valence electrons. The number of carbonyl (C=O) groups excluding carboxylic acids is 2. The van der Waals surface area contributed by atoms with E-state index in [0.717, 1.165) is 4.90 Å². The van der Waals surface area contributed by atoms with Crippen molar-refractivity contribution in [3.8, 4) is 0 Å². The normalized spacial score (nSPS) is 26.4. The van der Waals surface area contributed by atoms with Crippen molar-refractivity contribution >= 4 is 11.9 Å². The molecule has 8 heteroatoms. The quantitative estimate of drug-likeness (QED) is 0.806. The molecule has 1 atom stereocenters. The fourth-order valence-corrected chi connectivity index (χ4v) is 3.00. The summed E-state index contributed by atoms with van der Waals surface area (Å²) in [5.41, 5.74) is -0.899. The first kappa shape index (κ1) is 17.1. The van der Waals surface area contributed by atoms with Crippen molar-refractivity contribution in [3.63, 3.8) is 0 Å². The number of alkyl halides is 3. The zero-order valence-electron chi connectivity index (χ0n) is 12.9. The average molecular weight is 321 g/mol. The van der Waals surface area contributed by atoms with Crippen molar-refractivity contribution in [1.82, 2.24) is 15.1 Å². The fraction of sp³-hybridized carbons (Fsp3) is 0.857. The first-order chi connectivity index (χ1) is 10.1. The molecule has 5 nitrogen and oxygen atoms in total. The van der Waals surface area contributed by atoms with Gasteiger partial charge in [0.15, 0.2) is 0 Å². The Balaban J connectivity index is 1.79. The van der Waals surface area contributed by atoms with E-state index in [1.807, 2.05) is 0 Å². The molecule has 0 aliphatic carbocycles. The molecule has 0 spiro atoms. The van der Waals surface area contributed by atoms with E-state index in [1.54, 1.807) is 18.7 Å². The Hall–Kier alpha value is -1.31. The summed E-state index contributed by atoms with van der Waals surface area (Å²) in [5, 5.41) is 2.58. The minimum absolute atomic E-state index is 0.00906. The second-order valence-electron chi connectivity index (χ2n) is 6.55. The molecular formula is C14H22F3N3O2. The van der Waals surface area contributed by atoms with E-state index < -0.39 is 23.7 Å². The summed E-state index contributed by atoms with van der Waals surface area (Å²) in [7, 11) is 0. The van der Waals surface area contributed by atoms with E-state index >= 15 is 0 Å². The van der Waals surface area contributed by atoms with E-state index in [0.29, 0.717) is 25.9 Å². The molecule has 0 saturated carbocycles. The molecule has 0 bridgehead atoms. The second kappa shape index (κ2) is 6.06. The minimum Gasteiger partial charge on any atom is -0.324 e. The molecule has 2 heterocycles. The Morgan fingerprint density at radius 1 is 1.27 bits per heavy atom. The highest BCUT2D eigenvalue weighted by Gasteiger charge is 2.44. The first-order valence-corrected chi connectivity index (χ1v) is 7.54. The Morgan fingerprint density at radius 2 is 1.95 bits per heavy atom. The van der Waals surface area contributed by atoms with Crippen LogP contribution >= 0.6 is 0 Å². The standard InChI is InChI=1S/C14H22F3N3O2/c1-13(2)11(21)20(12(22)18-13)8-4-7-19-6-3-5-10(9-19)14(15,16)17/h10H,3-9H2,1-2H3,(H,18,22)/t10-/m1/s1. The van der Waals surface area contributed by atoms with Gasteiger partial charge in [-0.25, -0.2) is 4.79 Å². The van der Waals surface area contributed by atoms with Crippen LogP contribution in [-0.4, -0.2) is 59.6 Å². The van der Waals surface area contributed by atoms with E-state index in [9.17, 15) is 22.8 Å². The van der Waals surface area contributed by atoms with Gasteiger partial charge < -0.3 is 10.2 Å². The number of urea groups is 1. The van der Waals surface area contributed by atoms with Gasteiger partial charge in [-0.1, -0.05) is 0 Å². The molecular weight excluding hydrogens is 299 g/mol. The van der Waals surface area contributed by atoms with Gasteiger partial charge in [0.05, 0.1) is 5.92 Å². The van der Waals surface area contributed by atoms with Crippen molar-refractivity contribution in [2.45, 2.75) is 44.8 Å². The summed E-state index contributed by atoms with van der Waals surface area (Å²) in [4.78, 5) is 26.6. The van der Waals surface area contributed by atoms with Crippen LogP contribution in [0, 0.1) is 5.92 Å². The van der Waals surface area contributed by atoms with Gasteiger partial charge in [-0.15, -0.1) is 0 Å². The van der Waals surface area contributed by atoms with Crippen LogP contribution in [0.3, 0.4) is 0 Å². The molecule has 2 saturated heterocycles. The third kappa shape index (κ3) is 3.71. The highest BCUT2D eigenvalue weighted by atomic mass is 19.4. The third-order valence-electron chi connectivity index (χ3n) is 4.27. The third-order valence-corrected chi connectivity index (χ3v) is 4.27. The molecule has 0 unspecified atom stereocenters. The summed E-state index contributed by atoms with van der Waals surface area (Å²) in [6.45, 7) is 4.61. The second-order valence-corrected chi connectivity index (χ2v) is 6.55. The van der Waals surface area contributed by atoms with Crippen LogP contribution in [0.25, 0.3) is 0 Å². The molecule has 2 rings (SSSR count). The SMILES string of the molecule is CC1(C)NC(=O)N(CCCN2CCC[C@@H](C(F)(F)F)C2)C1=O. The molecule has 0 aromatic rings. The van der Waals surface area contributed by atoms with Crippen LogP contribution in [0.1, 0.15) is 33.1 Å². The Bertz CT molecular complexity index is 451. The lowest BCUT2D eigenvalue weighted by molar-refractivity contribution is -0.186. The maximum absolute atomic E-state index is 12.7. The van der Waals surface area contributed by atoms with Gasteiger partial charge in [0.25, 0.3) is 5.91 Å². The van der Waals surface area contributed by atoms with Crippen LogP contribution in [0.5, 0.6) is 0 Å². The molecule has 22 heavy (non-hydrogen) atoms. The summed E-state index contributed by atoms with van der Waals surface area (Å²) in [5.74, 6) is -1.55. The molecule has 2 fully saturated rings. The number of hydrogen-bond acceptors (Lipinski definition) is 3. The number of hydrogen-bond donors (Lipinski definition) is 1. The van der Waals surface area contributed by atoms with Crippen molar-refractivity contribution in [3.05, 3.63) is 0 Å². The van der Waals surface area contributed by atoms with Crippen molar-refractivity contribution in [2.24, 2.45) is 5.92 Å². The fourth-order valence-electron chi connectivity index (χ4n) is 3.00. The largest absolute Gasteiger partial charge is 0.393 e. The molecule has 0 radical (unpaired) electrons. The predicted molar refractivity (Wildman–Crippen MR) is 74.2 cm³/mol. The number of likely N-dealkylation sites (tertiary alicyclic amines) is 1. The van der Waals surface area contributed by atoms with Crippen LogP contribution in [0.15, 0.2) is 0 Å². The average Bonchev–Trinajstić information content (AvgIpc) is 2.60. The summed E-state index contributed by atoms with van der Waals surface area (Å²) < 4.78 is 38.2. The smallest absolute Gasteiger partial charge is 0.324 e. The van der Waals surface area contributed by atoms with Gasteiger partial charge in [-0.05, 0) is 46.2 Å². The monoisotopic (exact) mass is 321 g/mol. The van der Waals surface area contributed by atoms with Gasteiger partial charge >= 0.3 is 12.2 Å². The highest BCUT2D eigenvalue weighted by molar-refractivity contribution is 6.06. The lowest BCUT2D eigenvalue weighted by Gasteiger charge is -2.33. The number of nitrogens with zero attached hydrogens (tertiary/aromatic N) is 2. The highest BCUT2D eigenvalue weighted by Crippen LogP contribution is 2.33. The number of halogens is 3. The molecule has 2 aliphatic heterocycles. The van der Waals surface area contributed by atoms with E-state index in [4.69, 9.17) is 0 Å². The number of piperidine rings is 1. The van der Waals surface area contributed by atoms with Crippen LogP contribution in [0.4, 0.5) is 18.0 Å². The van der Waals surface area contributed by atoms with Gasteiger partial charge in [0.2, 0.25) is 0 Å². The van der Waals surface area contributed by atoms with Gasteiger partial charge in [-0.2, -0.15) is 13.2 Å². The summed E-state index contributed by atoms with van der Waals surface area (Å²) in [6.07, 6.45) is -2.95. The topological polar surface area (TPSA) is 52.7 Å². The number of nitrogens with one attached hydrogen (secondary N) is 1. The van der Waals surface area contributed by atoms with E-state index in [1.165, 1.54) is 0 Å². The summed E-state index contributed by atoms with van der Waals surface area (Å²) >= 11 is 0. The van der Waals surface area contributed by atoms with Crippen LogP contribution in [-0.2, 0) is 4.79 Å². The maximum atomic E-state index is 12.7. The molecule has 0 aromatic carbocycles. The molecule has 0 aromatic heterocycles. The Labute approximate surface area is 127 Å². The molecule has 1 N–H and O–H groups in total. The van der Waals surface area contributed by atoms with E-state index in [2.05, 4.69) is 5.32 Å². The maximum Gasteiger partial charge on any atom is 0.393 e. The molecule has 3 amide bonds. The number of carbonyl (C=O) groups is 2. The van der Waals surface area contributed by atoms with Gasteiger partial charge in [0.1, 0.15) is 5.54 Å². The van der Waals surface area contributed by atoms with Crippen LogP contribution in [0.2, 0.25) is 0 Å². The van der Waals surface area contributed by atoms with Crippen molar-refractivity contribution in [2.75, 3.05) is 26.2 Å². The number of amides is 3. The Morgan fingerprint density at radius 3 is 2.50 bits per heavy atom. The zero-order valence-corrected chi connectivity index (χ0v) is 12.9. The first-order valence-electron chi connectivity index (χ1n) is 7.54. The van der Waals surface area contributed by atoms with Crippen LogP contribution < -0.4 is 5.32 Å². The van der Waals surface area contributed by atoms with Crippen molar-refractivity contribution in [1.29, 1.82) is 0 Å². The Kier molecular flexibility index (Phi) is 4.70. The zero-order chi connectivity index (χ0) is 16.5. The number of imide groups is 1. The predicted octanol–water partition coefficient (Wildman–Crippen LogP) is 1.98.